The highest BCUT2D eigenvalue weighted by Gasteiger charge is 2.28. The molecule has 0 aromatic heterocycles. The van der Waals surface area contributed by atoms with E-state index in [-0.39, 0.29) is 6.04 Å². The molecule has 0 aliphatic heterocycles. The van der Waals surface area contributed by atoms with Gasteiger partial charge in [-0.05, 0) is 54.5 Å². The molecule has 0 amide bonds. The highest BCUT2D eigenvalue weighted by Crippen LogP contribution is 2.40. The van der Waals surface area contributed by atoms with E-state index in [0.29, 0.717) is 12.5 Å². The first-order valence-electron chi connectivity index (χ1n) is 7.58. The molecule has 1 aliphatic rings. The average Bonchev–Trinajstić information content (AvgIpc) is 2.50. The number of hydrogen-bond acceptors (Lipinski definition) is 3. The van der Waals surface area contributed by atoms with Crippen molar-refractivity contribution in [1.29, 1.82) is 0 Å². The van der Waals surface area contributed by atoms with Crippen LogP contribution in [0.4, 0.5) is 0 Å². The van der Waals surface area contributed by atoms with Crippen LogP contribution in [-0.4, -0.2) is 6.61 Å². The van der Waals surface area contributed by atoms with Crippen LogP contribution in [0.25, 0.3) is 0 Å². The molecular formula is C18H22N2O. The molecule has 2 aromatic rings. The highest BCUT2D eigenvalue weighted by atomic mass is 16.5. The molecule has 0 spiro atoms. The Bertz CT molecular complexity index is 594. The van der Waals surface area contributed by atoms with Crippen molar-refractivity contribution in [3.05, 3.63) is 65.2 Å². The second kappa shape index (κ2) is 6.29. The minimum Gasteiger partial charge on any atom is -0.494 e. The summed E-state index contributed by atoms with van der Waals surface area (Å²) in [6.45, 7) is 2.68. The van der Waals surface area contributed by atoms with E-state index in [1.54, 1.807) is 0 Å². The Morgan fingerprint density at radius 2 is 1.95 bits per heavy atom. The molecule has 0 saturated carbocycles. The van der Waals surface area contributed by atoms with Gasteiger partial charge >= 0.3 is 0 Å². The van der Waals surface area contributed by atoms with Gasteiger partial charge < -0.3 is 4.74 Å². The van der Waals surface area contributed by atoms with E-state index in [0.717, 1.165) is 18.6 Å². The van der Waals surface area contributed by atoms with Gasteiger partial charge in [-0.1, -0.05) is 36.4 Å². The molecule has 2 atom stereocenters. The first-order valence-corrected chi connectivity index (χ1v) is 7.58. The standard InChI is InChI=1S/C18H22N2O/c1-2-21-16-9-7-13(8-10-16)18(20-19)12-15-11-14-5-3-4-6-17(14)15/h3-10,15,18,20H,2,11-12,19H2,1H3. The number of hydrazine groups is 1. The van der Waals surface area contributed by atoms with E-state index >= 15 is 0 Å². The van der Waals surface area contributed by atoms with Crippen LogP contribution < -0.4 is 16.0 Å². The summed E-state index contributed by atoms with van der Waals surface area (Å²) in [4.78, 5) is 0. The Kier molecular flexibility index (Phi) is 4.23. The quantitative estimate of drug-likeness (QED) is 0.631. The van der Waals surface area contributed by atoms with Crippen molar-refractivity contribution in [2.45, 2.75) is 31.7 Å². The number of nitrogens with one attached hydrogen (secondary N) is 1. The van der Waals surface area contributed by atoms with Crippen molar-refractivity contribution < 1.29 is 4.74 Å². The van der Waals surface area contributed by atoms with Crippen LogP contribution in [0.15, 0.2) is 48.5 Å². The van der Waals surface area contributed by atoms with Gasteiger partial charge in [-0.25, -0.2) is 0 Å². The van der Waals surface area contributed by atoms with Gasteiger partial charge in [-0.2, -0.15) is 0 Å². The van der Waals surface area contributed by atoms with Crippen molar-refractivity contribution in [2.24, 2.45) is 5.84 Å². The predicted octanol–water partition coefficient (Wildman–Crippen LogP) is 3.32. The summed E-state index contributed by atoms with van der Waals surface area (Å²) < 4.78 is 5.48. The average molecular weight is 282 g/mol. The van der Waals surface area contributed by atoms with E-state index in [2.05, 4.69) is 41.8 Å². The van der Waals surface area contributed by atoms with Crippen LogP contribution in [0.5, 0.6) is 5.75 Å². The molecule has 0 heterocycles. The largest absolute Gasteiger partial charge is 0.494 e. The van der Waals surface area contributed by atoms with Crippen molar-refractivity contribution in [3.8, 4) is 5.75 Å². The molecule has 110 valence electrons. The van der Waals surface area contributed by atoms with Gasteiger partial charge in [0.05, 0.1) is 6.61 Å². The van der Waals surface area contributed by atoms with Gasteiger partial charge in [0.25, 0.3) is 0 Å². The monoisotopic (exact) mass is 282 g/mol. The molecule has 0 fully saturated rings. The van der Waals surface area contributed by atoms with Crippen LogP contribution in [0.1, 0.15) is 42.0 Å². The fraction of sp³-hybridized carbons (Fsp3) is 0.333. The smallest absolute Gasteiger partial charge is 0.119 e. The van der Waals surface area contributed by atoms with Crippen molar-refractivity contribution >= 4 is 0 Å². The van der Waals surface area contributed by atoms with Crippen LogP contribution in [0.3, 0.4) is 0 Å². The second-order valence-corrected chi connectivity index (χ2v) is 5.56. The Hall–Kier alpha value is -1.84. The van der Waals surface area contributed by atoms with Crippen molar-refractivity contribution in [3.63, 3.8) is 0 Å². The SMILES string of the molecule is CCOc1ccc(C(CC2Cc3ccccc32)NN)cc1. The summed E-state index contributed by atoms with van der Waals surface area (Å²) >= 11 is 0. The number of benzene rings is 2. The molecule has 21 heavy (non-hydrogen) atoms. The molecule has 0 saturated heterocycles. The number of ether oxygens (including phenoxy) is 1. The summed E-state index contributed by atoms with van der Waals surface area (Å²) in [5.74, 6) is 7.28. The minimum absolute atomic E-state index is 0.180. The zero-order valence-corrected chi connectivity index (χ0v) is 12.4. The molecule has 3 heteroatoms. The fourth-order valence-corrected chi connectivity index (χ4v) is 3.12. The first kappa shape index (κ1) is 14.1. The summed E-state index contributed by atoms with van der Waals surface area (Å²) in [5.41, 5.74) is 7.12. The first-order chi connectivity index (χ1) is 10.3. The third-order valence-electron chi connectivity index (χ3n) is 4.28. The maximum Gasteiger partial charge on any atom is 0.119 e. The van der Waals surface area contributed by atoms with Gasteiger partial charge in [0.15, 0.2) is 0 Å². The molecule has 3 N–H and O–H groups in total. The van der Waals surface area contributed by atoms with Crippen LogP contribution in [0, 0.1) is 0 Å². The molecular weight excluding hydrogens is 260 g/mol. The topological polar surface area (TPSA) is 47.3 Å². The zero-order chi connectivity index (χ0) is 14.7. The minimum atomic E-state index is 0.180. The predicted molar refractivity (Wildman–Crippen MR) is 85.2 cm³/mol. The van der Waals surface area contributed by atoms with Crippen LogP contribution >= 0.6 is 0 Å². The third kappa shape index (κ3) is 2.94. The van der Waals surface area contributed by atoms with Gasteiger partial charge in [0.1, 0.15) is 5.75 Å². The summed E-state index contributed by atoms with van der Waals surface area (Å²) in [5, 5.41) is 0. The number of nitrogens with two attached hydrogens (primary N) is 1. The highest BCUT2D eigenvalue weighted by molar-refractivity contribution is 5.40. The van der Waals surface area contributed by atoms with Crippen LogP contribution in [0.2, 0.25) is 0 Å². The molecule has 0 radical (unpaired) electrons. The second-order valence-electron chi connectivity index (χ2n) is 5.56. The summed E-state index contributed by atoms with van der Waals surface area (Å²) in [6, 6.07) is 17.1. The number of hydrogen-bond donors (Lipinski definition) is 2. The Morgan fingerprint density at radius 3 is 2.62 bits per heavy atom. The number of fused-ring (bicyclic) bond motifs is 1. The van der Waals surface area contributed by atoms with E-state index in [4.69, 9.17) is 10.6 Å². The van der Waals surface area contributed by atoms with E-state index < -0.39 is 0 Å². The molecule has 0 bridgehead atoms. The van der Waals surface area contributed by atoms with Gasteiger partial charge in [0.2, 0.25) is 0 Å². The Labute approximate surface area is 126 Å². The lowest BCUT2D eigenvalue weighted by atomic mass is 9.74. The molecule has 3 nitrogen and oxygen atoms in total. The lowest BCUT2D eigenvalue weighted by Gasteiger charge is -2.33. The fourth-order valence-electron chi connectivity index (χ4n) is 3.12. The number of rotatable bonds is 6. The Balaban J connectivity index is 1.68. The van der Waals surface area contributed by atoms with Crippen molar-refractivity contribution in [2.75, 3.05) is 6.61 Å². The normalized spacial score (nSPS) is 17.7. The molecule has 3 rings (SSSR count). The molecule has 2 unspecified atom stereocenters. The maximum absolute atomic E-state index is 5.77. The van der Waals surface area contributed by atoms with E-state index in [1.165, 1.54) is 16.7 Å². The van der Waals surface area contributed by atoms with Gasteiger partial charge in [-0.3, -0.25) is 11.3 Å². The molecule has 2 aromatic carbocycles. The zero-order valence-electron chi connectivity index (χ0n) is 12.4. The summed E-state index contributed by atoms with van der Waals surface area (Å²) in [6.07, 6.45) is 2.19. The van der Waals surface area contributed by atoms with Crippen molar-refractivity contribution in [1.82, 2.24) is 5.43 Å². The van der Waals surface area contributed by atoms with Crippen LogP contribution in [-0.2, 0) is 6.42 Å². The van der Waals surface area contributed by atoms with Gasteiger partial charge in [0, 0.05) is 6.04 Å². The Morgan fingerprint density at radius 1 is 1.19 bits per heavy atom. The lowest BCUT2D eigenvalue weighted by molar-refractivity contribution is 0.340. The lowest BCUT2D eigenvalue weighted by Crippen LogP contribution is -2.31. The van der Waals surface area contributed by atoms with Gasteiger partial charge in [-0.15, -0.1) is 0 Å². The van der Waals surface area contributed by atoms with E-state index in [9.17, 15) is 0 Å². The molecule has 1 aliphatic carbocycles. The summed E-state index contributed by atoms with van der Waals surface area (Å²) in [7, 11) is 0. The third-order valence-corrected chi connectivity index (χ3v) is 4.28. The maximum atomic E-state index is 5.77. The van der Waals surface area contributed by atoms with E-state index in [1.807, 2.05) is 19.1 Å².